The van der Waals surface area contributed by atoms with Crippen molar-refractivity contribution in [2.45, 2.75) is 13.3 Å². The van der Waals surface area contributed by atoms with Crippen LogP contribution in [0.25, 0.3) is 10.9 Å². The number of carboxylic acids is 1. The minimum absolute atomic E-state index is 0.374. The third-order valence-corrected chi connectivity index (χ3v) is 2.55. The van der Waals surface area contributed by atoms with Crippen molar-refractivity contribution >= 4 is 16.9 Å². The summed E-state index contributed by atoms with van der Waals surface area (Å²) in [6.07, 6.45) is 2.33. The molecule has 0 aliphatic carbocycles. The zero-order chi connectivity index (χ0) is 11.5. The normalized spacial score (nSPS) is 11.9. The molecule has 2 aromatic rings. The first-order valence-corrected chi connectivity index (χ1v) is 5.13. The van der Waals surface area contributed by atoms with Crippen LogP contribution in [0.1, 0.15) is 12.6 Å². The molecule has 82 valence electrons. The number of nitrogens with one attached hydrogen (secondary N) is 1. The topological polar surface area (TPSA) is 53.1 Å². The van der Waals surface area contributed by atoms with E-state index in [1.807, 2.05) is 30.3 Å². The predicted octanol–water partition coefficient (Wildman–Crippen LogP) is 2.74. The quantitative estimate of drug-likeness (QED) is 0.773. The Bertz CT molecular complexity index is 519. The zero-order valence-corrected chi connectivity index (χ0v) is 9.03. The lowest BCUT2D eigenvalue weighted by atomic mass is 10.2. The van der Waals surface area contributed by atoms with Gasteiger partial charge in [0, 0.05) is 23.2 Å². The number of aliphatic carboxylic acids is 1. The molecular formula is C13H13NO2. The van der Waals surface area contributed by atoms with E-state index in [9.17, 15) is 4.79 Å². The standard InChI is InChI=1S/C13H13NO2/c1-9(13(15)16)6-7-11-8-10-4-2-3-5-12(10)14-11/h2-6,8,14H,7H2,1H3,(H,15,16). The SMILES string of the molecule is CC(=CCc1cc2ccccc2[nH]1)C(=O)O. The summed E-state index contributed by atoms with van der Waals surface area (Å²) in [6, 6.07) is 10.0. The van der Waals surface area contributed by atoms with Crippen molar-refractivity contribution in [3.63, 3.8) is 0 Å². The molecule has 0 spiro atoms. The number of allylic oxidation sites excluding steroid dienone is 1. The van der Waals surface area contributed by atoms with Crippen molar-refractivity contribution in [2.24, 2.45) is 0 Å². The number of aromatic amines is 1. The maximum absolute atomic E-state index is 10.6. The minimum atomic E-state index is -0.865. The molecule has 0 fully saturated rings. The van der Waals surface area contributed by atoms with E-state index < -0.39 is 5.97 Å². The molecular weight excluding hydrogens is 202 g/mol. The van der Waals surface area contributed by atoms with Crippen LogP contribution in [0.4, 0.5) is 0 Å². The second-order valence-corrected chi connectivity index (χ2v) is 3.78. The molecule has 0 unspecified atom stereocenters. The summed E-state index contributed by atoms with van der Waals surface area (Å²) in [6.45, 7) is 1.60. The number of H-pyrrole nitrogens is 1. The number of fused-ring (bicyclic) bond motifs is 1. The second kappa shape index (κ2) is 4.23. The van der Waals surface area contributed by atoms with E-state index >= 15 is 0 Å². The van der Waals surface area contributed by atoms with Gasteiger partial charge in [0.1, 0.15) is 0 Å². The van der Waals surface area contributed by atoms with Gasteiger partial charge >= 0.3 is 5.97 Å². The van der Waals surface area contributed by atoms with Gasteiger partial charge in [0.15, 0.2) is 0 Å². The fourth-order valence-corrected chi connectivity index (χ4v) is 1.59. The Hall–Kier alpha value is -2.03. The Kier molecular flexibility index (Phi) is 2.77. The summed E-state index contributed by atoms with van der Waals surface area (Å²) < 4.78 is 0. The van der Waals surface area contributed by atoms with E-state index in [1.54, 1.807) is 13.0 Å². The van der Waals surface area contributed by atoms with E-state index in [-0.39, 0.29) is 0 Å². The molecule has 0 bridgehead atoms. The second-order valence-electron chi connectivity index (χ2n) is 3.78. The summed E-state index contributed by atoms with van der Waals surface area (Å²) in [4.78, 5) is 13.9. The van der Waals surface area contributed by atoms with Crippen molar-refractivity contribution < 1.29 is 9.90 Å². The molecule has 0 radical (unpaired) electrons. The predicted molar refractivity (Wildman–Crippen MR) is 63.4 cm³/mol. The number of rotatable bonds is 3. The highest BCUT2D eigenvalue weighted by atomic mass is 16.4. The highest BCUT2D eigenvalue weighted by Crippen LogP contribution is 2.15. The molecule has 3 heteroatoms. The number of carboxylic acid groups (broad SMARTS) is 1. The number of benzene rings is 1. The molecule has 3 nitrogen and oxygen atoms in total. The number of para-hydroxylation sites is 1. The number of hydrogen-bond donors (Lipinski definition) is 2. The molecule has 0 saturated heterocycles. The van der Waals surface area contributed by atoms with Crippen molar-refractivity contribution in [1.82, 2.24) is 4.98 Å². The van der Waals surface area contributed by atoms with Gasteiger partial charge < -0.3 is 10.1 Å². The van der Waals surface area contributed by atoms with Crippen LogP contribution in [0.15, 0.2) is 42.0 Å². The third kappa shape index (κ3) is 2.14. The Morgan fingerprint density at radius 3 is 2.88 bits per heavy atom. The van der Waals surface area contributed by atoms with E-state index in [2.05, 4.69) is 4.98 Å². The fraction of sp³-hybridized carbons (Fsp3) is 0.154. The van der Waals surface area contributed by atoms with E-state index in [0.717, 1.165) is 16.6 Å². The first kappa shape index (κ1) is 10.5. The van der Waals surface area contributed by atoms with Gasteiger partial charge in [-0.1, -0.05) is 24.3 Å². The van der Waals surface area contributed by atoms with Crippen LogP contribution in [0.2, 0.25) is 0 Å². The molecule has 0 atom stereocenters. The molecule has 0 aliphatic rings. The first-order chi connectivity index (χ1) is 7.66. The summed E-state index contributed by atoms with van der Waals surface area (Å²) >= 11 is 0. The molecule has 1 heterocycles. The third-order valence-electron chi connectivity index (χ3n) is 2.55. The van der Waals surface area contributed by atoms with Crippen molar-refractivity contribution in [3.05, 3.63) is 47.7 Å². The average Bonchev–Trinajstić information content (AvgIpc) is 2.68. The van der Waals surface area contributed by atoms with Crippen LogP contribution in [0.5, 0.6) is 0 Å². The van der Waals surface area contributed by atoms with Crippen LogP contribution in [0, 0.1) is 0 Å². The van der Waals surface area contributed by atoms with Crippen molar-refractivity contribution in [3.8, 4) is 0 Å². The van der Waals surface area contributed by atoms with Gasteiger partial charge in [-0.05, 0) is 24.4 Å². The molecule has 2 rings (SSSR count). The lowest BCUT2D eigenvalue weighted by molar-refractivity contribution is -0.132. The number of aromatic nitrogens is 1. The van der Waals surface area contributed by atoms with Gasteiger partial charge in [0.25, 0.3) is 0 Å². The number of hydrogen-bond acceptors (Lipinski definition) is 1. The lowest BCUT2D eigenvalue weighted by Crippen LogP contribution is -1.96. The van der Waals surface area contributed by atoms with Crippen LogP contribution in [-0.4, -0.2) is 16.1 Å². The molecule has 16 heavy (non-hydrogen) atoms. The fourth-order valence-electron chi connectivity index (χ4n) is 1.59. The smallest absolute Gasteiger partial charge is 0.330 e. The Labute approximate surface area is 93.4 Å². The van der Waals surface area contributed by atoms with Crippen LogP contribution in [0.3, 0.4) is 0 Å². The van der Waals surface area contributed by atoms with Gasteiger partial charge in [-0.2, -0.15) is 0 Å². The van der Waals surface area contributed by atoms with Crippen molar-refractivity contribution in [2.75, 3.05) is 0 Å². The maximum atomic E-state index is 10.6. The Morgan fingerprint density at radius 2 is 2.19 bits per heavy atom. The summed E-state index contributed by atoms with van der Waals surface area (Å²) in [5, 5.41) is 9.87. The molecule has 2 N–H and O–H groups in total. The van der Waals surface area contributed by atoms with Crippen molar-refractivity contribution in [1.29, 1.82) is 0 Å². The Morgan fingerprint density at radius 1 is 1.44 bits per heavy atom. The van der Waals surface area contributed by atoms with E-state index in [1.165, 1.54) is 0 Å². The first-order valence-electron chi connectivity index (χ1n) is 5.13. The monoisotopic (exact) mass is 215 g/mol. The summed E-state index contributed by atoms with van der Waals surface area (Å²) in [5.41, 5.74) is 2.49. The zero-order valence-electron chi connectivity index (χ0n) is 9.03. The summed E-state index contributed by atoms with van der Waals surface area (Å²) in [5.74, 6) is -0.865. The highest BCUT2D eigenvalue weighted by Gasteiger charge is 2.01. The van der Waals surface area contributed by atoms with Crippen LogP contribution < -0.4 is 0 Å². The molecule has 0 saturated carbocycles. The molecule has 0 aliphatic heterocycles. The molecule has 0 amide bonds. The van der Waals surface area contributed by atoms with Gasteiger partial charge in [-0.3, -0.25) is 0 Å². The lowest BCUT2D eigenvalue weighted by Gasteiger charge is -1.92. The van der Waals surface area contributed by atoms with Crippen LogP contribution >= 0.6 is 0 Å². The van der Waals surface area contributed by atoms with Gasteiger partial charge in [-0.25, -0.2) is 4.79 Å². The van der Waals surface area contributed by atoms with Gasteiger partial charge in [0.2, 0.25) is 0 Å². The van der Waals surface area contributed by atoms with E-state index in [4.69, 9.17) is 5.11 Å². The largest absolute Gasteiger partial charge is 0.478 e. The maximum Gasteiger partial charge on any atom is 0.330 e. The summed E-state index contributed by atoms with van der Waals surface area (Å²) in [7, 11) is 0. The van der Waals surface area contributed by atoms with Crippen LogP contribution in [-0.2, 0) is 11.2 Å². The highest BCUT2D eigenvalue weighted by molar-refractivity contribution is 5.86. The molecule has 1 aromatic heterocycles. The van der Waals surface area contributed by atoms with Gasteiger partial charge in [-0.15, -0.1) is 0 Å². The minimum Gasteiger partial charge on any atom is -0.478 e. The molecule has 1 aromatic carbocycles. The Balaban J connectivity index is 2.22. The van der Waals surface area contributed by atoms with Gasteiger partial charge in [0.05, 0.1) is 0 Å². The number of carbonyl (C=O) groups is 1. The van der Waals surface area contributed by atoms with E-state index in [0.29, 0.717) is 12.0 Å². The average molecular weight is 215 g/mol.